The molecule has 6 heteroatoms. The number of esters is 1. The van der Waals surface area contributed by atoms with Gasteiger partial charge in [0.2, 0.25) is 5.82 Å². The molecule has 128 valence electrons. The van der Waals surface area contributed by atoms with Crippen LogP contribution in [0.3, 0.4) is 0 Å². The highest BCUT2D eigenvalue weighted by Gasteiger charge is 2.11. The van der Waals surface area contributed by atoms with E-state index in [-0.39, 0.29) is 19.1 Å². The van der Waals surface area contributed by atoms with E-state index in [2.05, 4.69) is 10.1 Å². The highest BCUT2D eigenvalue weighted by Crippen LogP contribution is 2.17. The minimum absolute atomic E-state index is 0.0883. The maximum Gasteiger partial charge on any atom is 0.344 e. The molecule has 0 N–H and O–H groups in total. The zero-order chi connectivity index (χ0) is 17.6. The topological polar surface area (TPSA) is 74.5 Å². The third-order valence-corrected chi connectivity index (χ3v) is 3.69. The summed E-state index contributed by atoms with van der Waals surface area (Å²) in [5.41, 5.74) is 3.10. The van der Waals surface area contributed by atoms with E-state index in [1.807, 2.05) is 62.4 Å². The van der Waals surface area contributed by atoms with E-state index in [1.165, 1.54) is 5.56 Å². The van der Waals surface area contributed by atoms with Crippen molar-refractivity contribution in [2.24, 2.45) is 0 Å². The van der Waals surface area contributed by atoms with Crippen LogP contribution in [0.1, 0.15) is 17.0 Å². The number of carbonyl (C=O) groups is 1. The predicted octanol–water partition coefficient (Wildman–Crippen LogP) is 3.48. The Bertz CT molecular complexity index is 859. The zero-order valence-corrected chi connectivity index (χ0v) is 14.1. The number of nitrogens with zero attached hydrogens (tertiary/aromatic N) is 2. The van der Waals surface area contributed by atoms with Crippen molar-refractivity contribution in [2.45, 2.75) is 20.5 Å². The number of benzene rings is 2. The van der Waals surface area contributed by atoms with Crippen LogP contribution in [0.2, 0.25) is 0 Å². The molecule has 0 aliphatic heterocycles. The van der Waals surface area contributed by atoms with Crippen LogP contribution in [0.15, 0.2) is 53.1 Å². The van der Waals surface area contributed by atoms with Crippen molar-refractivity contribution in [1.29, 1.82) is 0 Å². The van der Waals surface area contributed by atoms with Crippen molar-refractivity contribution >= 4 is 5.97 Å². The summed E-state index contributed by atoms with van der Waals surface area (Å²) >= 11 is 0. The van der Waals surface area contributed by atoms with E-state index in [9.17, 15) is 4.79 Å². The van der Waals surface area contributed by atoms with E-state index in [4.69, 9.17) is 14.0 Å². The molecule has 0 spiro atoms. The van der Waals surface area contributed by atoms with Gasteiger partial charge >= 0.3 is 5.97 Å². The fourth-order valence-corrected chi connectivity index (χ4v) is 2.15. The van der Waals surface area contributed by atoms with Crippen molar-refractivity contribution in [2.75, 3.05) is 6.61 Å². The normalized spacial score (nSPS) is 10.5. The summed E-state index contributed by atoms with van der Waals surface area (Å²) in [4.78, 5) is 16.0. The minimum atomic E-state index is -0.502. The first kappa shape index (κ1) is 16.7. The lowest BCUT2D eigenvalue weighted by molar-refractivity contribution is -0.148. The number of hydrogen-bond donors (Lipinski definition) is 0. The maximum atomic E-state index is 11.8. The molecule has 0 bridgehead atoms. The van der Waals surface area contributed by atoms with Crippen molar-refractivity contribution in [3.8, 4) is 17.1 Å². The molecule has 0 aliphatic rings. The first-order chi connectivity index (χ1) is 12.1. The fourth-order valence-electron chi connectivity index (χ4n) is 2.15. The molecule has 2 aromatic carbocycles. The van der Waals surface area contributed by atoms with E-state index in [1.54, 1.807) is 0 Å². The molecule has 1 aromatic heterocycles. The maximum absolute atomic E-state index is 11.8. The molecule has 0 fully saturated rings. The summed E-state index contributed by atoms with van der Waals surface area (Å²) in [5.74, 6) is 0.818. The molecule has 0 saturated carbocycles. The van der Waals surface area contributed by atoms with Crippen LogP contribution in [0.25, 0.3) is 11.4 Å². The Morgan fingerprint density at radius 2 is 1.88 bits per heavy atom. The first-order valence-electron chi connectivity index (χ1n) is 7.85. The molecular formula is C19H18N2O4. The monoisotopic (exact) mass is 338 g/mol. The van der Waals surface area contributed by atoms with Gasteiger partial charge in [0, 0.05) is 5.56 Å². The van der Waals surface area contributed by atoms with Gasteiger partial charge in [0.25, 0.3) is 5.89 Å². The third-order valence-electron chi connectivity index (χ3n) is 3.69. The van der Waals surface area contributed by atoms with E-state index >= 15 is 0 Å². The summed E-state index contributed by atoms with van der Waals surface area (Å²) in [5, 5.41) is 3.87. The molecule has 1 heterocycles. The predicted molar refractivity (Wildman–Crippen MR) is 90.9 cm³/mol. The van der Waals surface area contributed by atoms with Gasteiger partial charge in [0.15, 0.2) is 13.2 Å². The summed E-state index contributed by atoms with van der Waals surface area (Å²) < 4.78 is 15.6. The van der Waals surface area contributed by atoms with Gasteiger partial charge in [-0.25, -0.2) is 4.79 Å². The second kappa shape index (κ2) is 7.61. The van der Waals surface area contributed by atoms with Crippen LogP contribution in [0.4, 0.5) is 0 Å². The Labute approximate surface area is 145 Å². The van der Waals surface area contributed by atoms with Gasteiger partial charge < -0.3 is 14.0 Å². The molecule has 3 aromatic rings. The second-order valence-corrected chi connectivity index (χ2v) is 5.57. The van der Waals surface area contributed by atoms with Gasteiger partial charge in [-0.2, -0.15) is 4.98 Å². The largest absolute Gasteiger partial charge is 0.482 e. The van der Waals surface area contributed by atoms with Crippen LogP contribution in [-0.4, -0.2) is 22.7 Å². The smallest absolute Gasteiger partial charge is 0.344 e. The molecule has 0 saturated heterocycles. The van der Waals surface area contributed by atoms with Crippen LogP contribution in [-0.2, 0) is 16.1 Å². The Morgan fingerprint density at radius 3 is 2.64 bits per heavy atom. The van der Waals surface area contributed by atoms with Crippen molar-refractivity contribution in [1.82, 2.24) is 10.1 Å². The number of rotatable bonds is 6. The summed E-state index contributed by atoms with van der Waals surface area (Å²) in [6.07, 6.45) is 0. The molecule has 0 unspecified atom stereocenters. The highest BCUT2D eigenvalue weighted by atomic mass is 16.6. The van der Waals surface area contributed by atoms with E-state index in [0.29, 0.717) is 11.6 Å². The summed E-state index contributed by atoms with van der Waals surface area (Å²) in [7, 11) is 0. The molecule has 0 radical (unpaired) electrons. The van der Waals surface area contributed by atoms with Gasteiger partial charge in [-0.1, -0.05) is 41.6 Å². The molecule has 0 aliphatic carbocycles. The molecule has 3 rings (SSSR count). The van der Waals surface area contributed by atoms with Gasteiger partial charge in [-0.3, -0.25) is 0 Å². The van der Waals surface area contributed by atoms with Crippen LogP contribution >= 0.6 is 0 Å². The highest BCUT2D eigenvalue weighted by molar-refractivity contribution is 5.71. The molecular weight excluding hydrogens is 320 g/mol. The SMILES string of the molecule is Cc1ccc(OCC(=O)OCc2nc(-c3ccccc3)no2)cc1C. The fraction of sp³-hybridized carbons (Fsp3) is 0.211. The lowest BCUT2D eigenvalue weighted by atomic mass is 10.1. The molecule has 6 nitrogen and oxygen atoms in total. The lowest BCUT2D eigenvalue weighted by Crippen LogP contribution is -2.15. The third kappa shape index (κ3) is 4.44. The standard InChI is InChI=1S/C19H18N2O4/c1-13-8-9-16(10-14(13)2)23-12-18(22)24-11-17-20-19(21-25-17)15-6-4-3-5-7-15/h3-10H,11-12H2,1-2H3. The van der Waals surface area contributed by atoms with Crippen molar-refractivity contribution in [3.05, 3.63) is 65.5 Å². The number of aryl methyl sites for hydroxylation is 2. The molecule has 0 amide bonds. The van der Waals surface area contributed by atoms with Gasteiger partial charge in [0.1, 0.15) is 5.75 Å². The Hall–Kier alpha value is -3.15. The van der Waals surface area contributed by atoms with Gasteiger partial charge in [0.05, 0.1) is 0 Å². The van der Waals surface area contributed by atoms with Gasteiger partial charge in [-0.15, -0.1) is 0 Å². The number of ether oxygens (including phenoxy) is 2. The van der Waals surface area contributed by atoms with Crippen molar-refractivity contribution < 1.29 is 18.8 Å². The quantitative estimate of drug-likeness (QED) is 0.641. The zero-order valence-electron chi connectivity index (χ0n) is 14.1. The average molecular weight is 338 g/mol. The average Bonchev–Trinajstić information content (AvgIpc) is 3.11. The van der Waals surface area contributed by atoms with Crippen LogP contribution in [0, 0.1) is 13.8 Å². The number of aromatic nitrogens is 2. The van der Waals surface area contributed by atoms with E-state index < -0.39 is 5.97 Å². The molecule has 25 heavy (non-hydrogen) atoms. The Kier molecular flexibility index (Phi) is 5.09. The number of hydrogen-bond acceptors (Lipinski definition) is 6. The van der Waals surface area contributed by atoms with Crippen LogP contribution in [0.5, 0.6) is 5.75 Å². The van der Waals surface area contributed by atoms with Gasteiger partial charge in [-0.05, 0) is 37.1 Å². The molecule has 0 atom stereocenters. The number of carbonyl (C=O) groups excluding carboxylic acids is 1. The minimum Gasteiger partial charge on any atom is -0.482 e. The van der Waals surface area contributed by atoms with Crippen LogP contribution < -0.4 is 4.74 Å². The summed E-state index contributed by atoms with van der Waals surface area (Å²) in [6.45, 7) is 3.74. The lowest BCUT2D eigenvalue weighted by Gasteiger charge is -2.07. The Balaban J connectivity index is 1.49. The Morgan fingerprint density at radius 1 is 1.08 bits per heavy atom. The van der Waals surface area contributed by atoms with E-state index in [0.717, 1.165) is 11.1 Å². The first-order valence-corrected chi connectivity index (χ1v) is 7.85. The van der Waals surface area contributed by atoms with Crippen molar-refractivity contribution in [3.63, 3.8) is 0 Å². The summed E-state index contributed by atoms with van der Waals surface area (Å²) in [6, 6.07) is 15.1. The second-order valence-electron chi connectivity index (χ2n) is 5.57.